The summed E-state index contributed by atoms with van der Waals surface area (Å²) in [7, 11) is 0. The maximum Gasteiger partial charge on any atom is 1.00 e. The second-order valence-corrected chi connectivity index (χ2v) is 13.6. The molecule has 0 amide bonds. The number of halogens is 1. The molecule has 14 heteroatoms. The van der Waals surface area contributed by atoms with Crippen LogP contribution in [-0.2, 0) is 60.7 Å². The topological polar surface area (TPSA) is 183 Å². The maximum absolute atomic E-state index is 12.0. The van der Waals surface area contributed by atoms with Gasteiger partial charge in [0.1, 0.15) is 5.78 Å². The van der Waals surface area contributed by atoms with Gasteiger partial charge in [-0.15, -0.1) is 0 Å². The third-order valence-corrected chi connectivity index (χ3v) is 6.14. The van der Waals surface area contributed by atoms with Gasteiger partial charge in [0.2, 0.25) is 6.29 Å². The molecule has 0 aliphatic rings. The molecule has 0 heterocycles. The second-order valence-electron chi connectivity index (χ2n) is 12.3. The normalized spacial score (nSPS) is 11.8. The Morgan fingerprint density at radius 1 is 0.673 bits per heavy atom. The summed E-state index contributed by atoms with van der Waals surface area (Å²) in [6.45, 7) is 21.0. The molecule has 0 aliphatic carbocycles. The van der Waals surface area contributed by atoms with E-state index in [9.17, 15) is 24.0 Å². The van der Waals surface area contributed by atoms with Gasteiger partial charge in [-0.25, -0.2) is 0 Å². The van der Waals surface area contributed by atoms with Crippen LogP contribution in [0.3, 0.4) is 0 Å². The van der Waals surface area contributed by atoms with Crippen LogP contribution in [0.1, 0.15) is 117 Å². The van der Waals surface area contributed by atoms with Gasteiger partial charge in [0.15, 0.2) is 5.01 Å². The number of alkyl halides is 1. The fraction of sp³-hybridized carbons (Fsp3) is 0.526. The van der Waals surface area contributed by atoms with Crippen LogP contribution in [0.25, 0.3) is 0 Å². The standard InChI is InChI=1S/C17H24O4.C13H18O2.C4H7BrO2.C3H6O.CH2O3.K/c1-11(2)10-15-6-8-16(9-7-15)12(3)17(19)21-14(5)20-13(4)18;1-9(2)8-11-4-6-12(7-5-11)10(3)13(14)15;1-3(5)7-4(2)6;1-3(2)4;2-1-4-3;/h6-9,11-12,14H,10H2,1-5H3;4-7,9-10H,8H2,1-3H3,(H,14,15);3H,1-2H3;1-2H3;1,3H;/q;;;;;+1/p-1/t12-,14?;10-;;;;/m11..../s1. The van der Waals surface area contributed by atoms with Crippen LogP contribution in [0.2, 0.25) is 0 Å². The van der Waals surface area contributed by atoms with Gasteiger partial charge in [-0.1, -0.05) is 76.2 Å². The van der Waals surface area contributed by atoms with Crippen molar-refractivity contribution in [2.24, 2.45) is 11.8 Å². The zero-order chi connectivity index (χ0) is 40.3. The quantitative estimate of drug-likeness (QED) is 0.0622. The van der Waals surface area contributed by atoms with Crippen molar-refractivity contribution >= 4 is 52.1 Å². The van der Waals surface area contributed by atoms with Crippen LogP contribution in [0.4, 0.5) is 0 Å². The first-order chi connectivity index (χ1) is 23.6. The molecule has 0 aliphatic heterocycles. The number of hydrogen-bond donors (Lipinski definition) is 1. The number of carbonyl (C=O) groups excluding carboxylic acids is 5. The van der Waals surface area contributed by atoms with Gasteiger partial charge in [0, 0.05) is 20.8 Å². The Kier molecular flexibility index (Phi) is 35.9. The molecule has 0 fully saturated rings. The predicted octanol–water partition coefficient (Wildman–Crippen LogP) is 3.84. The number of rotatable bonds is 12. The number of esters is 3. The number of ether oxygens (including phenoxy) is 3. The minimum atomic E-state index is -0.863. The van der Waals surface area contributed by atoms with Crippen molar-refractivity contribution in [2.45, 2.75) is 119 Å². The Hall–Kier alpha value is -2.46. The van der Waals surface area contributed by atoms with Crippen molar-refractivity contribution in [2.75, 3.05) is 0 Å². The number of carbonyl (C=O) groups is 6. The van der Waals surface area contributed by atoms with Gasteiger partial charge >= 0.3 is 75.3 Å². The summed E-state index contributed by atoms with van der Waals surface area (Å²) in [5, 5.41) is 17.1. The fourth-order valence-corrected chi connectivity index (χ4v) is 4.12. The average Bonchev–Trinajstić information content (AvgIpc) is 3.00. The van der Waals surface area contributed by atoms with Crippen LogP contribution in [-0.4, -0.2) is 52.5 Å². The van der Waals surface area contributed by atoms with Gasteiger partial charge in [-0.3, -0.25) is 24.0 Å². The first kappa shape index (κ1) is 56.3. The molecule has 2 aromatic rings. The molecule has 2 rings (SSSR count). The summed E-state index contributed by atoms with van der Waals surface area (Å²) in [5.74, 6) is -1.32. The molecule has 0 spiro atoms. The number of benzene rings is 2. The summed E-state index contributed by atoms with van der Waals surface area (Å²) in [4.78, 5) is 64.2. The van der Waals surface area contributed by atoms with Crippen LogP contribution in [0, 0.1) is 11.8 Å². The van der Waals surface area contributed by atoms with E-state index < -0.39 is 36.0 Å². The van der Waals surface area contributed by atoms with Crippen molar-refractivity contribution in [1.82, 2.24) is 0 Å². The number of carboxylic acids is 1. The molecular formula is C38H56BrKO12. The van der Waals surface area contributed by atoms with E-state index >= 15 is 0 Å². The number of hydrogen-bond acceptors (Lipinski definition) is 11. The van der Waals surface area contributed by atoms with E-state index in [1.807, 2.05) is 48.5 Å². The van der Waals surface area contributed by atoms with Gasteiger partial charge in [-0.05, 0) is 97.5 Å². The zero-order valence-corrected chi connectivity index (χ0v) is 37.6. The Morgan fingerprint density at radius 3 is 1.23 bits per heavy atom. The van der Waals surface area contributed by atoms with E-state index in [0.717, 1.165) is 24.0 Å². The van der Waals surface area contributed by atoms with E-state index in [4.69, 9.17) is 24.6 Å². The van der Waals surface area contributed by atoms with Crippen molar-refractivity contribution in [1.29, 1.82) is 0 Å². The molecule has 0 aromatic heterocycles. The van der Waals surface area contributed by atoms with E-state index in [1.165, 1.54) is 45.7 Å². The van der Waals surface area contributed by atoms with Crippen LogP contribution in [0.5, 0.6) is 0 Å². The van der Waals surface area contributed by atoms with E-state index in [-0.39, 0.29) is 74.6 Å². The van der Waals surface area contributed by atoms with E-state index in [2.05, 4.69) is 53.2 Å². The van der Waals surface area contributed by atoms with E-state index in [0.29, 0.717) is 11.8 Å². The monoisotopic (exact) mass is 822 g/mol. The first-order valence-electron chi connectivity index (χ1n) is 16.4. The van der Waals surface area contributed by atoms with Crippen LogP contribution in [0.15, 0.2) is 48.5 Å². The van der Waals surface area contributed by atoms with Crippen molar-refractivity contribution < 1.29 is 110 Å². The average molecular weight is 824 g/mol. The molecule has 0 saturated heterocycles. The first-order valence-corrected chi connectivity index (χ1v) is 17.3. The summed E-state index contributed by atoms with van der Waals surface area (Å²) >= 11 is 3.03. The molecule has 2 unspecified atom stereocenters. The SMILES string of the molecule is CC(=O)OC(C)Br.CC(=O)OC(C)OC(=O)[C@H](C)c1ccc(CC(C)C)cc1.CC(C)=O.CC(C)Cc1ccc([C@@H](C)C(=O)O)cc1.O=CO[O-].[K+]. The number of ketones is 1. The Labute approximate surface area is 360 Å². The number of Topliss-reactive ketones (excluding diaryl/α,β-unsaturated/α-hetero) is 1. The molecule has 2 aromatic carbocycles. The van der Waals surface area contributed by atoms with E-state index in [1.54, 1.807) is 20.8 Å². The third kappa shape index (κ3) is 34.6. The van der Waals surface area contributed by atoms with Crippen molar-refractivity contribution in [3.63, 3.8) is 0 Å². The molecule has 52 heavy (non-hydrogen) atoms. The summed E-state index contributed by atoms with van der Waals surface area (Å²) < 4.78 is 14.4. The molecule has 0 saturated carbocycles. The van der Waals surface area contributed by atoms with Crippen LogP contribution >= 0.6 is 15.9 Å². The molecule has 288 valence electrons. The van der Waals surface area contributed by atoms with Gasteiger partial charge < -0.3 is 34.3 Å². The molecule has 0 radical (unpaired) electrons. The van der Waals surface area contributed by atoms with Gasteiger partial charge in [0.25, 0.3) is 6.47 Å². The molecule has 4 atom stereocenters. The Morgan fingerprint density at radius 2 is 1.00 bits per heavy atom. The van der Waals surface area contributed by atoms with Gasteiger partial charge in [-0.2, -0.15) is 0 Å². The molecular weight excluding hydrogens is 767 g/mol. The van der Waals surface area contributed by atoms with Crippen molar-refractivity contribution in [3.8, 4) is 0 Å². The molecule has 0 bridgehead atoms. The minimum Gasteiger partial charge on any atom is -0.662 e. The van der Waals surface area contributed by atoms with Crippen molar-refractivity contribution in [3.05, 3.63) is 70.8 Å². The van der Waals surface area contributed by atoms with Crippen LogP contribution < -0.4 is 56.6 Å². The third-order valence-electron chi connectivity index (χ3n) is 5.95. The smallest absolute Gasteiger partial charge is 0.662 e. The second kappa shape index (κ2) is 33.1. The Balaban J connectivity index is -0.000000322. The summed E-state index contributed by atoms with van der Waals surface area (Å²) in [6, 6.07) is 15.8. The fourth-order valence-electron chi connectivity index (χ4n) is 3.86. The zero-order valence-electron chi connectivity index (χ0n) is 32.9. The van der Waals surface area contributed by atoms with Gasteiger partial charge in [0.05, 0.1) is 11.8 Å². The summed E-state index contributed by atoms with van der Waals surface area (Å²) in [6.07, 6.45) is 1.20. The largest absolute Gasteiger partial charge is 1.00 e. The number of carboxylic acid groups (broad SMARTS) is 1. The molecule has 1 N–H and O–H groups in total. The minimum absolute atomic E-state index is 0. The number of aliphatic carboxylic acids is 1. The predicted molar refractivity (Wildman–Crippen MR) is 195 cm³/mol. The molecule has 12 nitrogen and oxygen atoms in total. The summed E-state index contributed by atoms with van der Waals surface area (Å²) in [5.41, 5.74) is 4.28. The Bertz CT molecular complexity index is 1290. The maximum atomic E-state index is 12.0.